The van der Waals surface area contributed by atoms with Crippen LogP contribution in [0.5, 0.6) is 0 Å². The molecule has 1 amide bonds. The maximum Gasteiger partial charge on any atom is 0.326 e. The maximum atomic E-state index is 11.5. The third kappa shape index (κ3) is 3.58. The molecule has 3 N–H and O–H groups in total. The van der Waals surface area contributed by atoms with Gasteiger partial charge < -0.3 is 10.4 Å². The molecule has 0 saturated carbocycles. The summed E-state index contributed by atoms with van der Waals surface area (Å²) in [6.07, 6.45) is 5.06. The smallest absolute Gasteiger partial charge is 0.326 e. The largest absolute Gasteiger partial charge is 0.480 e. The first-order chi connectivity index (χ1) is 7.65. The lowest BCUT2D eigenvalue weighted by Gasteiger charge is -2.12. The molecule has 0 aromatic carbocycles. The van der Waals surface area contributed by atoms with Crippen molar-refractivity contribution < 1.29 is 14.7 Å². The number of rotatable bonds is 6. The molecule has 1 rings (SSSR count). The van der Waals surface area contributed by atoms with Crippen molar-refractivity contribution in [3.05, 3.63) is 18.0 Å². The molecule has 7 heteroatoms. The first-order valence-electron chi connectivity index (χ1n) is 4.66. The summed E-state index contributed by atoms with van der Waals surface area (Å²) in [6, 6.07) is -0.852. The number of aromatic amines is 1. The topological polar surface area (TPSA) is 95.1 Å². The Balaban J connectivity index is 2.54. The van der Waals surface area contributed by atoms with Crippen molar-refractivity contribution in [3.8, 4) is 0 Å². The number of carboxylic acids is 1. The first kappa shape index (κ1) is 12.6. The molecule has 0 aliphatic carbocycles. The molecule has 1 atom stereocenters. The Morgan fingerprint density at radius 1 is 1.69 bits per heavy atom. The predicted molar refractivity (Wildman–Crippen MR) is 60.5 cm³/mol. The summed E-state index contributed by atoms with van der Waals surface area (Å²) in [6.45, 7) is 0. The number of nitrogens with zero attached hydrogens (tertiary/aromatic N) is 1. The van der Waals surface area contributed by atoms with Gasteiger partial charge in [0.15, 0.2) is 0 Å². The van der Waals surface area contributed by atoms with E-state index < -0.39 is 17.9 Å². The summed E-state index contributed by atoms with van der Waals surface area (Å²) < 4.78 is 0. The van der Waals surface area contributed by atoms with Crippen LogP contribution in [-0.2, 0) is 4.79 Å². The molecule has 88 valence electrons. The number of hydrogen-bond donors (Lipinski definition) is 3. The molecule has 0 aliphatic rings. The van der Waals surface area contributed by atoms with Crippen LogP contribution in [0.4, 0.5) is 0 Å². The summed E-state index contributed by atoms with van der Waals surface area (Å²) in [4.78, 5) is 22.4. The predicted octanol–water partition coefficient (Wildman–Crippen LogP) is 0.346. The van der Waals surface area contributed by atoms with Crippen molar-refractivity contribution in [1.82, 2.24) is 15.5 Å². The highest BCUT2D eigenvalue weighted by Gasteiger charge is 2.20. The lowest BCUT2D eigenvalue weighted by Crippen LogP contribution is -2.41. The van der Waals surface area contributed by atoms with Gasteiger partial charge in [0.1, 0.15) is 6.04 Å². The number of nitrogens with one attached hydrogen (secondary N) is 2. The lowest BCUT2D eigenvalue weighted by atomic mass is 10.2. The Morgan fingerprint density at radius 2 is 2.44 bits per heavy atom. The number of hydrogen-bond acceptors (Lipinski definition) is 4. The van der Waals surface area contributed by atoms with Gasteiger partial charge in [-0.1, -0.05) is 0 Å². The van der Waals surface area contributed by atoms with Crippen LogP contribution < -0.4 is 5.32 Å². The van der Waals surface area contributed by atoms with Crippen molar-refractivity contribution >= 4 is 23.6 Å². The summed E-state index contributed by atoms with van der Waals surface area (Å²) in [7, 11) is 0. The quantitative estimate of drug-likeness (QED) is 0.670. The van der Waals surface area contributed by atoms with E-state index in [1.165, 1.54) is 24.2 Å². The van der Waals surface area contributed by atoms with Crippen molar-refractivity contribution in [2.45, 2.75) is 12.5 Å². The number of thioether (sulfide) groups is 1. The number of carbonyl (C=O) groups is 2. The highest BCUT2D eigenvalue weighted by molar-refractivity contribution is 7.98. The first-order valence-corrected chi connectivity index (χ1v) is 6.06. The van der Waals surface area contributed by atoms with E-state index in [-0.39, 0.29) is 0 Å². The zero-order valence-electron chi connectivity index (χ0n) is 8.77. The van der Waals surface area contributed by atoms with Gasteiger partial charge in [0.2, 0.25) is 0 Å². The maximum absolute atomic E-state index is 11.5. The minimum Gasteiger partial charge on any atom is -0.480 e. The Bertz CT molecular complexity index is 353. The molecule has 0 radical (unpaired) electrons. The van der Waals surface area contributed by atoms with Crippen LogP contribution in [0, 0.1) is 0 Å². The fourth-order valence-electron chi connectivity index (χ4n) is 1.11. The van der Waals surface area contributed by atoms with Gasteiger partial charge in [-0.05, 0) is 18.4 Å². The van der Waals surface area contributed by atoms with Gasteiger partial charge in [-0.2, -0.15) is 16.9 Å². The van der Waals surface area contributed by atoms with Crippen LogP contribution in [0.1, 0.15) is 16.8 Å². The summed E-state index contributed by atoms with van der Waals surface area (Å²) >= 11 is 1.54. The van der Waals surface area contributed by atoms with Gasteiger partial charge in [-0.25, -0.2) is 4.79 Å². The fraction of sp³-hybridized carbons (Fsp3) is 0.444. The molecular formula is C9H13N3O3S. The normalized spacial score (nSPS) is 12.1. The second-order valence-corrected chi connectivity index (χ2v) is 4.12. The van der Waals surface area contributed by atoms with Gasteiger partial charge in [-0.15, -0.1) is 0 Å². The van der Waals surface area contributed by atoms with E-state index in [2.05, 4.69) is 15.5 Å². The van der Waals surface area contributed by atoms with E-state index in [0.29, 0.717) is 17.7 Å². The molecule has 0 aliphatic heterocycles. The molecule has 0 saturated heterocycles. The molecule has 0 fully saturated rings. The summed E-state index contributed by atoms with van der Waals surface area (Å²) in [5.41, 5.74) is 0.329. The summed E-state index contributed by atoms with van der Waals surface area (Å²) in [5, 5.41) is 17.5. The number of aliphatic carboxylic acids is 1. The highest BCUT2D eigenvalue weighted by atomic mass is 32.2. The van der Waals surface area contributed by atoms with Crippen molar-refractivity contribution in [2.75, 3.05) is 12.0 Å². The number of amides is 1. The fourth-order valence-corrected chi connectivity index (χ4v) is 1.58. The third-order valence-electron chi connectivity index (χ3n) is 1.97. The minimum atomic E-state index is -1.02. The number of carbonyl (C=O) groups excluding carboxylic acids is 1. The van der Waals surface area contributed by atoms with Gasteiger partial charge in [0.05, 0.1) is 11.8 Å². The van der Waals surface area contributed by atoms with Crippen LogP contribution >= 0.6 is 11.8 Å². The lowest BCUT2D eigenvalue weighted by molar-refractivity contribution is -0.139. The summed E-state index contributed by atoms with van der Waals surface area (Å²) in [5.74, 6) is -0.768. The average Bonchev–Trinajstić information content (AvgIpc) is 2.76. The van der Waals surface area contributed by atoms with E-state index >= 15 is 0 Å². The second kappa shape index (κ2) is 6.16. The number of carboxylic acid groups (broad SMARTS) is 1. The Kier molecular flexibility index (Phi) is 4.84. The second-order valence-electron chi connectivity index (χ2n) is 3.13. The number of H-pyrrole nitrogens is 1. The molecule has 0 bridgehead atoms. The number of aromatic nitrogens is 2. The van der Waals surface area contributed by atoms with Gasteiger partial charge in [0, 0.05) is 6.20 Å². The van der Waals surface area contributed by atoms with E-state index in [0.717, 1.165) is 0 Å². The van der Waals surface area contributed by atoms with E-state index in [9.17, 15) is 9.59 Å². The molecule has 1 aromatic heterocycles. The van der Waals surface area contributed by atoms with Crippen molar-refractivity contribution in [3.63, 3.8) is 0 Å². The average molecular weight is 243 g/mol. The zero-order chi connectivity index (χ0) is 12.0. The standard InChI is InChI=1S/C9H13N3O3S/c1-16-3-2-7(9(14)15)12-8(13)6-4-10-11-5-6/h4-5,7H,2-3H2,1H3,(H,10,11)(H,12,13)(H,14,15)/t7-/m1/s1. The van der Waals surface area contributed by atoms with Crippen LogP contribution in [0.25, 0.3) is 0 Å². The van der Waals surface area contributed by atoms with E-state index in [1.54, 1.807) is 0 Å². The van der Waals surface area contributed by atoms with E-state index in [4.69, 9.17) is 5.11 Å². The monoisotopic (exact) mass is 243 g/mol. The zero-order valence-corrected chi connectivity index (χ0v) is 9.58. The highest BCUT2D eigenvalue weighted by Crippen LogP contribution is 2.02. The van der Waals surface area contributed by atoms with Gasteiger partial charge >= 0.3 is 5.97 Å². The molecule has 16 heavy (non-hydrogen) atoms. The van der Waals surface area contributed by atoms with Gasteiger partial charge in [0.25, 0.3) is 5.91 Å². The molecule has 0 spiro atoms. The van der Waals surface area contributed by atoms with E-state index in [1.807, 2.05) is 6.26 Å². The van der Waals surface area contributed by atoms with Crippen LogP contribution in [-0.4, -0.2) is 45.2 Å². The Labute approximate surface area is 96.8 Å². The van der Waals surface area contributed by atoms with Crippen molar-refractivity contribution in [2.24, 2.45) is 0 Å². The molecule has 1 aromatic rings. The Hall–Kier alpha value is -1.50. The molecule has 6 nitrogen and oxygen atoms in total. The SMILES string of the molecule is CSCC[C@@H](NC(=O)c1cn[nH]c1)C(=O)O. The minimum absolute atomic E-state index is 0.329. The van der Waals surface area contributed by atoms with Crippen molar-refractivity contribution in [1.29, 1.82) is 0 Å². The molecular weight excluding hydrogens is 230 g/mol. The molecule has 0 unspecified atom stereocenters. The van der Waals surface area contributed by atoms with Crippen LogP contribution in [0.15, 0.2) is 12.4 Å². The Morgan fingerprint density at radius 3 is 2.94 bits per heavy atom. The van der Waals surface area contributed by atoms with Gasteiger partial charge in [-0.3, -0.25) is 9.89 Å². The third-order valence-corrected chi connectivity index (χ3v) is 2.62. The molecule has 1 heterocycles. The van der Waals surface area contributed by atoms with Crippen LogP contribution in [0.3, 0.4) is 0 Å². The van der Waals surface area contributed by atoms with Crippen LogP contribution in [0.2, 0.25) is 0 Å².